The monoisotopic (exact) mass is 380 g/mol. The van der Waals surface area contributed by atoms with Gasteiger partial charge in [0, 0.05) is 7.05 Å². The maximum Gasteiger partial charge on any atom is 0.361 e. The van der Waals surface area contributed by atoms with Gasteiger partial charge in [-0.05, 0) is 12.5 Å². The van der Waals surface area contributed by atoms with Crippen LogP contribution in [0.25, 0.3) is 16.6 Å². The van der Waals surface area contributed by atoms with Crippen LogP contribution in [-0.2, 0) is 18.3 Å². The number of rotatable bonds is 4. The van der Waals surface area contributed by atoms with Gasteiger partial charge in [-0.2, -0.15) is 5.10 Å². The third-order valence-corrected chi connectivity index (χ3v) is 4.36. The molecule has 10 nitrogen and oxygen atoms in total. The van der Waals surface area contributed by atoms with Crippen LogP contribution in [-0.4, -0.2) is 41.8 Å². The fraction of sp³-hybridized carbons (Fsp3) is 0.222. The van der Waals surface area contributed by atoms with Gasteiger partial charge in [0.05, 0.1) is 19.3 Å². The molecule has 1 aromatic carbocycles. The minimum absolute atomic E-state index is 0.0584. The summed E-state index contributed by atoms with van der Waals surface area (Å²) in [5, 5.41) is 11.7. The van der Waals surface area contributed by atoms with Crippen LogP contribution >= 0.6 is 0 Å². The molecule has 0 N–H and O–H groups in total. The third kappa shape index (κ3) is 2.66. The fourth-order valence-electron chi connectivity index (χ4n) is 3.05. The topological polar surface area (TPSA) is 113 Å². The lowest BCUT2D eigenvalue weighted by molar-refractivity contribution is 0.0521. The predicted molar refractivity (Wildman–Crippen MR) is 99.3 cm³/mol. The van der Waals surface area contributed by atoms with E-state index in [1.54, 1.807) is 6.92 Å². The van der Waals surface area contributed by atoms with Crippen LogP contribution in [0, 0.1) is 0 Å². The normalized spacial score (nSPS) is 11.2. The molecule has 4 aromatic rings. The zero-order chi connectivity index (χ0) is 19.8. The highest BCUT2D eigenvalue weighted by atomic mass is 16.5. The second kappa shape index (κ2) is 6.72. The number of aromatic nitrogens is 6. The Morgan fingerprint density at radius 1 is 1.11 bits per heavy atom. The Morgan fingerprint density at radius 2 is 1.86 bits per heavy atom. The van der Waals surface area contributed by atoms with E-state index in [4.69, 9.17) is 4.74 Å². The van der Waals surface area contributed by atoms with E-state index in [2.05, 4.69) is 15.4 Å². The van der Waals surface area contributed by atoms with E-state index in [0.29, 0.717) is 0 Å². The molecule has 0 saturated heterocycles. The van der Waals surface area contributed by atoms with Gasteiger partial charge in [-0.25, -0.2) is 14.0 Å². The lowest BCUT2D eigenvalue weighted by atomic mass is 10.2. The van der Waals surface area contributed by atoms with Crippen molar-refractivity contribution in [2.45, 2.75) is 13.5 Å². The van der Waals surface area contributed by atoms with Gasteiger partial charge in [-0.3, -0.25) is 14.2 Å². The van der Waals surface area contributed by atoms with Gasteiger partial charge < -0.3 is 4.74 Å². The Hall–Kier alpha value is -3.82. The number of ether oxygens (including phenoxy) is 1. The zero-order valence-electron chi connectivity index (χ0n) is 15.2. The zero-order valence-corrected chi connectivity index (χ0v) is 15.2. The van der Waals surface area contributed by atoms with Gasteiger partial charge in [0.1, 0.15) is 11.0 Å². The molecule has 0 fully saturated rings. The number of hydrogen-bond acceptors (Lipinski definition) is 7. The molecule has 10 heteroatoms. The SMILES string of the molecule is CCOC(=O)c1nnn2c1c(=O)n(Cc1ccccc1)c1c(=O)n(C)ncc12. The van der Waals surface area contributed by atoms with E-state index in [1.807, 2.05) is 30.3 Å². The molecular formula is C18H16N6O4. The van der Waals surface area contributed by atoms with E-state index in [-0.39, 0.29) is 35.4 Å². The summed E-state index contributed by atoms with van der Waals surface area (Å²) in [5.41, 5.74) is -0.0587. The minimum Gasteiger partial charge on any atom is -0.461 e. The number of aryl methyl sites for hydroxylation is 1. The molecule has 142 valence electrons. The van der Waals surface area contributed by atoms with Crippen LogP contribution < -0.4 is 11.1 Å². The summed E-state index contributed by atoms with van der Waals surface area (Å²) in [7, 11) is 1.49. The predicted octanol–water partition coefficient (Wildman–Crippen LogP) is 0.363. The van der Waals surface area contributed by atoms with Crippen molar-refractivity contribution < 1.29 is 9.53 Å². The highest BCUT2D eigenvalue weighted by molar-refractivity contribution is 5.95. The largest absolute Gasteiger partial charge is 0.461 e. The second-order valence-corrected chi connectivity index (χ2v) is 6.10. The summed E-state index contributed by atoms with van der Waals surface area (Å²) in [6.45, 7) is 1.92. The van der Waals surface area contributed by atoms with Crippen LogP contribution in [0.4, 0.5) is 0 Å². The van der Waals surface area contributed by atoms with Crippen molar-refractivity contribution in [3.05, 3.63) is 68.5 Å². The van der Waals surface area contributed by atoms with Crippen LogP contribution in [0.3, 0.4) is 0 Å². The summed E-state index contributed by atoms with van der Waals surface area (Å²) in [6.07, 6.45) is 1.41. The maximum atomic E-state index is 13.3. The number of carbonyl (C=O) groups excluding carboxylic acids is 1. The Balaban J connectivity index is 2.11. The number of carbonyl (C=O) groups is 1. The lowest BCUT2D eigenvalue weighted by Gasteiger charge is -2.12. The van der Waals surface area contributed by atoms with Crippen molar-refractivity contribution in [2.75, 3.05) is 6.61 Å². The standard InChI is InChI=1S/C18H16N6O4/c1-3-28-18(27)13-15-17(26)23(10-11-7-5-4-6-8-11)14-12(24(15)21-20-13)9-19-22(2)16(14)25/h4-9H,3,10H2,1-2H3. The van der Waals surface area contributed by atoms with Crippen molar-refractivity contribution in [2.24, 2.45) is 7.05 Å². The average molecular weight is 380 g/mol. The number of benzene rings is 1. The van der Waals surface area contributed by atoms with Crippen molar-refractivity contribution >= 4 is 22.5 Å². The Morgan fingerprint density at radius 3 is 2.57 bits per heavy atom. The van der Waals surface area contributed by atoms with E-state index in [0.717, 1.165) is 10.2 Å². The smallest absolute Gasteiger partial charge is 0.361 e. The van der Waals surface area contributed by atoms with Gasteiger partial charge in [0.25, 0.3) is 11.1 Å². The Bertz CT molecular complexity index is 1320. The van der Waals surface area contributed by atoms with Gasteiger partial charge in [0.2, 0.25) is 5.69 Å². The first-order valence-electron chi connectivity index (χ1n) is 8.58. The van der Waals surface area contributed by atoms with Gasteiger partial charge in [0.15, 0.2) is 5.52 Å². The minimum atomic E-state index is -0.753. The molecule has 3 heterocycles. The first-order chi connectivity index (χ1) is 13.5. The van der Waals surface area contributed by atoms with Crippen LogP contribution in [0.5, 0.6) is 0 Å². The lowest BCUT2D eigenvalue weighted by Crippen LogP contribution is -2.32. The maximum absolute atomic E-state index is 13.3. The third-order valence-electron chi connectivity index (χ3n) is 4.36. The van der Waals surface area contributed by atoms with Gasteiger partial charge in [-0.1, -0.05) is 35.5 Å². The summed E-state index contributed by atoms with van der Waals surface area (Å²) in [6, 6.07) is 9.22. The second-order valence-electron chi connectivity index (χ2n) is 6.10. The molecule has 0 atom stereocenters. The highest BCUT2D eigenvalue weighted by Crippen LogP contribution is 2.14. The van der Waals surface area contributed by atoms with E-state index >= 15 is 0 Å². The molecule has 0 aliphatic rings. The quantitative estimate of drug-likeness (QED) is 0.470. The average Bonchev–Trinajstić information content (AvgIpc) is 3.14. The summed E-state index contributed by atoms with van der Waals surface area (Å²) >= 11 is 0. The van der Waals surface area contributed by atoms with Crippen LogP contribution in [0.2, 0.25) is 0 Å². The number of hydrogen-bond donors (Lipinski definition) is 0. The summed E-state index contributed by atoms with van der Waals surface area (Å²) in [4.78, 5) is 38.3. The first kappa shape index (κ1) is 17.6. The molecule has 0 unspecified atom stereocenters. The molecule has 0 spiro atoms. The van der Waals surface area contributed by atoms with Crippen LogP contribution in [0.1, 0.15) is 23.0 Å². The molecule has 0 bridgehead atoms. The molecule has 4 rings (SSSR count). The molecule has 0 aliphatic heterocycles. The van der Waals surface area contributed by atoms with Gasteiger partial charge >= 0.3 is 5.97 Å². The first-order valence-corrected chi connectivity index (χ1v) is 8.58. The molecule has 0 amide bonds. The van der Waals surface area contributed by atoms with Crippen molar-refractivity contribution in [3.8, 4) is 0 Å². The summed E-state index contributed by atoms with van der Waals surface area (Å²) in [5.74, 6) is -0.753. The Kier molecular flexibility index (Phi) is 4.22. The highest BCUT2D eigenvalue weighted by Gasteiger charge is 2.24. The molecule has 0 saturated carbocycles. The number of fused-ring (bicyclic) bond motifs is 3. The van der Waals surface area contributed by atoms with E-state index in [1.165, 1.54) is 22.3 Å². The van der Waals surface area contributed by atoms with Crippen molar-refractivity contribution in [1.29, 1.82) is 0 Å². The van der Waals surface area contributed by atoms with Crippen molar-refractivity contribution in [3.63, 3.8) is 0 Å². The molecule has 28 heavy (non-hydrogen) atoms. The van der Waals surface area contributed by atoms with Gasteiger partial charge in [-0.15, -0.1) is 5.10 Å². The molecular weight excluding hydrogens is 364 g/mol. The van der Waals surface area contributed by atoms with Crippen molar-refractivity contribution in [1.82, 2.24) is 29.2 Å². The number of esters is 1. The molecule has 0 aliphatic carbocycles. The fourth-order valence-corrected chi connectivity index (χ4v) is 3.05. The Labute approximate surface area is 157 Å². The van der Waals surface area contributed by atoms with E-state index < -0.39 is 17.1 Å². The van der Waals surface area contributed by atoms with E-state index in [9.17, 15) is 14.4 Å². The number of nitrogens with zero attached hydrogens (tertiary/aromatic N) is 6. The molecule has 0 radical (unpaired) electrons. The van der Waals surface area contributed by atoms with Crippen LogP contribution in [0.15, 0.2) is 46.1 Å². The summed E-state index contributed by atoms with van der Waals surface area (Å²) < 4.78 is 8.60. The molecule has 3 aromatic heterocycles.